The minimum absolute atomic E-state index is 0.417. The van der Waals surface area contributed by atoms with Gasteiger partial charge in [0.15, 0.2) is 0 Å². The van der Waals surface area contributed by atoms with Gasteiger partial charge >= 0.3 is 0 Å². The Hall–Kier alpha value is -1.13. The molecule has 0 radical (unpaired) electrons. The number of hydrogen-bond acceptors (Lipinski definition) is 4. The first-order chi connectivity index (χ1) is 9.52. The summed E-state index contributed by atoms with van der Waals surface area (Å²) in [6.45, 7) is 10.0. The van der Waals surface area contributed by atoms with E-state index in [4.69, 9.17) is 4.74 Å². The van der Waals surface area contributed by atoms with Gasteiger partial charge in [-0.25, -0.2) is 4.98 Å². The molecule has 0 aliphatic carbocycles. The Labute approximate surface area is 123 Å². The van der Waals surface area contributed by atoms with E-state index >= 15 is 0 Å². The second-order valence-electron chi connectivity index (χ2n) is 5.68. The molecule has 1 rings (SSSR count). The highest BCUT2D eigenvalue weighted by molar-refractivity contribution is 5.26. The van der Waals surface area contributed by atoms with Crippen LogP contribution in [-0.4, -0.2) is 43.7 Å². The third-order valence-corrected chi connectivity index (χ3v) is 3.05. The average Bonchev–Trinajstić information content (AvgIpc) is 2.41. The standard InChI is InChI=1S/C16H29N3O/c1-6-17-12-14-10-15(13(2)3)18-16(11-14)20-9-7-8-19(4)5/h10-11,13,17H,6-9,12H2,1-5H3. The fourth-order valence-corrected chi connectivity index (χ4v) is 1.88. The molecule has 0 amide bonds. The molecule has 1 aromatic rings. The monoisotopic (exact) mass is 279 g/mol. The van der Waals surface area contributed by atoms with Crippen molar-refractivity contribution in [3.63, 3.8) is 0 Å². The van der Waals surface area contributed by atoms with Gasteiger partial charge in [-0.1, -0.05) is 20.8 Å². The molecule has 0 bridgehead atoms. The summed E-state index contributed by atoms with van der Waals surface area (Å²) >= 11 is 0. The van der Waals surface area contributed by atoms with Crippen molar-refractivity contribution in [2.45, 2.75) is 39.7 Å². The van der Waals surface area contributed by atoms with Gasteiger partial charge in [0.05, 0.1) is 6.61 Å². The molecule has 0 fully saturated rings. The first kappa shape index (κ1) is 16.9. The number of rotatable bonds is 9. The summed E-state index contributed by atoms with van der Waals surface area (Å²) in [7, 11) is 4.15. The fourth-order valence-electron chi connectivity index (χ4n) is 1.88. The lowest BCUT2D eigenvalue weighted by molar-refractivity contribution is 0.272. The molecule has 4 heteroatoms. The van der Waals surface area contributed by atoms with Crippen molar-refractivity contribution in [1.29, 1.82) is 0 Å². The molecule has 1 N–H and O–H groups in total. The van der Waals surface area contributed by atoms with E-state index in [-0.39, 0.29) is 0 Å². The van der Waals surface area contributed by atoms with Crippen LogP contribution in [-0.2, 0) is 6.54 Å². The Bertz CT molecular complexity index is 391. The highest BCUT2D eigenvalue weighted by Gasteiger charge is 2.07. The second kappa shape index (κ2) is 8.93. The van der Waals surface area contributed by atoms with Crippen molar-refractivity contribution in [2.75, 3.05) is 33.8 Å². The molecule has 0 atom stereocenters. The van der Waals surface area contributed by atoms with Crippen LogP contribution >= 0.6 is 0 Å². The van der Waals surface area contributed by atoms with Crippen LogP contribution in [0, 0.1) is 0 Å². The molecule has 0 aliphatic heterocycles. The molecule has 0 spiro atoms. The predicted molar refractivity (Wildman–Crippen MR) is 84.4 cm³/mol. The van der Waals surface area contributed by atoms with Crippen molar-refractivity contribution in [1.82, 2.24) is 15.2 Å². The van der Waals surface area contributed by atoms with Crippen LogP contribution in [0.5, 0.6) is 5.88 Å². The van der Waals surface area contributed by atoms with E-state index < -0.39 is 0 Å². The lowest BCUT2D eigenvalue weighted by atomic mass is 10.1. The number of nitrogens with one attached hydrogen (secondary N) is 1. The highest BCUT2D eigenvalue weighted by atomic mass is 16.5. The van der Waals surface area contributed by atoms with E-state index in [1.54, 1.807) is 0 Å². The molecular weight excluding hydrogens is 250 g/mol. The summed E-state index contributed by atoms with van der Waals surface area (Å²) < 4.78 is 5.80. The van der Waals surface area contributed by atoms with Crippen molar-refractivity contribution < 1.29 is 4.74 Å². The molecule has 0 saturated heterocycles. The number of aromatic nitrogens is 1. The van der Waals surface area contributed by atoms with Crippen LogP contribution in [0.25, 0.3) is 0 Å². The van der Waals surface area contributed by atoms with Crippen molar-refractivity contribution in [3.05, 3.63) is 23.4 Å². The molecule has 4 nitrogen and oxygen atoms in total. The number of pyridine rings is 1. The topological polar surface area (TPSA) is 37.4 Å². The van der Waals surface area contributed by atoms with Crippen LogP contribution < -0.4 is 10.1 Å². The fraction of sp³-hybridized carbons (Fsp3) is 0.688. The minimum atomic E-state index is 0.417. The van der Waals surface area contributed by atoms with Crippen molar-refractivity contribution >= 4 is 0 Å². The Morgan fingerprint density at radius 3 is 2.65 bits per heavy atom. The quantitative estimate of drug-likeness (QED) is 0.705. The zero-order valence-corrected chi connectivity index (χ0v) is 13.6. The van der Waals surface area contributed by atoms with E-state index in [2.05, 4.69) is 56.1 Å². The Balaban J connectivity index is 2.65. The summed E-state index contributed by atoms with van der Waals surface area (Å²) in [5, 5.41) is 3.35. The zero-order valence-electron chi connectivity index (χ0n) is 13.6. The first-order valence-electron chi connectivity index (χ1n) is 7.52. The van der Waals surface area contributed by atoms with Gasteiger partial charge in [0.25, 0.3) is 0 Å². The second-order valence-corrected chi connectivity index (χ2v) is 5.68. The SMILES string of the molecule is CCNCc1cc(OCCCN(C)C)nc(C(C)C)c1. The molecule has 0 saturated carbocycles. The number of nitrogens with zero attached hydrogens (tertiary/aromatic N) is 2. The normalized spacial score (nSPS) is 11.3. The lowest BCUT2D eigenvalue weighted by Gasteiger charge is -2.13. The summed E-state index contributed by atoms with van der Waals surface area (Å²) in [6, 6.07) is 4.21. The lowest BCUT2D eigenvalue weighted by Crippen LogP contribution is -2.16. The molecule has 0 aromatic carbocycles. The van der Waals surface area contributed by atoms with E-state index in [0.717, 1.165) is 37.6 Å². The molecule has 0 unspecified atom stereocenters. The van der Waals surface area contributed by atoms with E-state index in [9.17, 15) is 0 Å². The average molecular weight is 279 g/mol. The summed E-state index contributed by atoms with van der Waals surface area (Å²) in [6.07, 6.45) is 1.02. The largest absolute Gasteiger partial charge is 0.478 e. The van der Waals surface area contributed by atoms with Gasteiger partial charge in [0, 0.05) is 24.8 Å². The van der Waals surface area contributed by atoms with E-state index in [1.165, 1.54) is 5.56 Å². The van der Waals surface area contributed by atoms with Gasteiger partial charge in [-0.05, 0) is 44.6 Å². The molecular formula is C16H29N3O. The highest BCUT2D eigenvalue weighted by Crippen LogP contribution is 2.19. The van der Waals surface area contributed by atoms with Crippen molar-refractivity contribution in [3.8, 4) is 5.88 Å². The van der Waals surface area contributed by atoms with Gasteiger partial charge in [-0.3, -0.25) is 0 Å². The zero-order chi connectivity index (χ0) is 15.0. The molecule has 1 heterocycles. The van der Waals surface area contributed by atoms with Crippen molar-refractivity contribution in [2.24, 2.45) is 0 Å². The molecule has 20 heavy (non-hydrogen) atoms. The van der Waals surface area contributed by atoms with E-state index in [0.29, 0.717) is 12.5 Å². The van der Waals surface area contributed by atoms with Crippen LogP contribution in [0.4, 0.5) is 0 Å². The summed E-state index contributed by atoms with van der Waals surface area (Å²) in [5.74, 6) is 1.17. The Morgan fingerprint density at radius 1 is 1.30 bits per heavy atom. The van der Waals surface area contributed by atoms with Crippen LogP contribution in [0.1, 0.15) is 44.4 Å². The summed E-state index contributed by atoms with van der Waals surface area (Å²) in [5.41, 5.74) is 2.34. The maximum absolute atomic E-state index is 5.80. The minimum Gasteiger partial charge on any atom is -0.478 e. The molecule has 114 valence electrons. The van der Waals surface area contributed by atoms with Crippen LogP contribution in [0.15, 0.2) is 12.1 Å². The van der Waals surface area contributed by atoms with Gasteiger partial charge < -0.3 is 15.0 Å². The van der Waals surface area contributed by atoms with Gasteiger partial charge in [-0.2, -0.15) is 0 Å². The first-order valence-corrected chi connectivity index (χ1v) is 7.52. The maximum Gasteiger partial charge on any atom is 0.213 e. The Morgan fingerprint density at radius 2 is 2.05 bits per heavy atom. The maximum atomic E-state index is 5.80. The Kier molecular flexibility index (Phi) is 7.55. The summed E-state index contributed by atoms with van der Waals surface area (Å²) in [4.78, 5) is 6.76. The molecule has 0 aliphatic rings. The van der Waals surface area contributed by atoms with Crippen LogP contribution in [0.2, 0.25) is 0 Å². The van der Waals surface area contributed by atoms with Gasteiger partial charge in [0.1, 0.15) is 0 Å². The molecule has 1 aromatic heterocycles. The smallest absolute Gasteiger partial charge is 0.213 e. The third kappa shape index (κ3) is 6.35. The number of ether oxygens (including phenoxy) is 1. The van der Waals surface area contributed by atoms with E-state index in [1.807, 2.05) is 6.07 Å². The predicted octanol–water partition coefficient (Wildman–Crippen LogP) is 2.65. The van der Waals surface area contributed by atoms with Gasteiger partial charge in [-0.15, -0.1) is 0 Å². The number of hydrogen-bond donors (Lipinski definition) is 1. The van der Waals surface area contributed by atoms with Crippen LogP contribution in [0.3, 0.4) is 0 Å². The third-order valence-electron chi connectivity index (χ3n) is 3.05. The van der Waals surface area contributed by atoms with Gasteiger partial charge in [0.2, 0.25) is 5.88 Å².